The van der Waals surface area contributed by atoms with Gasteiger partial charge in [-0.05, 0) is 47.1 Å². The molecule has 9 nitrogen and oxygen atoms in total. The Morgan fingerprint density at radius 3 is 2.09 bits per heavy atom. The van der Waals surface area contributed by atoms with Crippen molar-refractivity contribution in [2.24, 2.45) is 0 Å². The first-order chi connectivity index (χ1) is 15.0. The van der Waals surface area contributed by atoms with Gasteiger partial charge in [-0.1, -0.05) is 0 Å². The summed E-state index contributed by atoms with van der Waals surface area (Å²) < 4.78 is 49.9. The van der Waals surface area contributed by atoms with Crippen molar-refractivity contribution in [2.75, 3.05) is 19.5 Å². The Balaban J connectivity index is 2.06. The highest BCUT2D eigenvalue weighted by molar-refractivity contribution is 9.10. The molecule has 0 aliphatic rings. The van der Waals surface area contributed by atoms with E-state index in [1.165, 1.54) is 25.1 Å². The summed E-state index contributed by atoms with van der Waals surface area (Å²) in [6, 6.07) is 4.46. The van der Waals surface area contributed by atoms with Crippen LogP contribution < -0.4 is 5.32 Å². The second-order valence-electron chi connectivity index (χ2n) is 6.41. The summed E-state index contributed by atoms with van der Waals surface area (Å²) in [5, 5.41) is 6.16. The minimum absolute atomic E-state index is 0.0116. The van der Waals surface area contributed by atoms with Gasteiger partial charge in [0.2, 0.25) is 0 Å². The SMILES string of the molecule is COC(=O)c1cc(NC(=O)c2nn3c(C(F)(F)F)cc(C)nc3c2Br)cc(C(=O)OC)c1. The number of alkyl halides is 3. The minimum Gasteiger partial charge on any atom is -0.465 e. The highest BCUT2D eigenvalue weighted by atomic mass is 79.9. The van der Waals surface area contributed by atoms with Crippen molar-refractivity contribution in [3.8, 4) is 0 Å². The Morgan fingerprint density at radius 2 is 1.59 bits per heavy atom. The highest BCUT2D eigenvalue weighted by Gasteiger charge is 2.36. The lowest BCUT2D eigenvalue weighted by molar-refractivity contribution is -0.142. The van der Waals surface area contributed by atoms with Crippen molar-refractivity contribution in [2.45, 2.75) is 13.1 Å². The molecule has 2 heterocycles. The molecule has 168 valence electrons. The summed E-state index contributed by atoms with van der Waals surface area (Å²) in [5.74, 6) is -2.48. The van der Waals surface area contributed by atoms with Gasteiger partial charge in [0.1, 0.15) is 5.69 Å². The van der Waals surface area contributed by atoms with Crippen LogP contribution in [0.2, 0.25) is 0 Å². The monoisotopic (exact) mass is 514 g/mol. The molecule has 0 saturated heterocycles. The lowest BCUT2D eigenvalue weighted by Crippen LogP contribution is -2.16. The third kappa shape index (κ3) is 4.42. The molecule has 0 saturated carbocycles. The average molecular weight is 515 g/mol. The van der Waals surface area contributed by atoms with Crippen LogP contribution >= 0.6 is 15.9 Å². The molecule has 0 spiro atoms. The third-order valence-corrected chi connectivity index (χ3v) is 4.93. The fourth-order valence-corrected chi connectivity index (χ4v) is 3.34. The Kier molecular flexibility index (Phi) is 6.21. The first kappa shape index (κ1) is 23.2. The average Bonchev–Trinajstić information content (AvgIpc) is 3.07. The second kappa shape index (κ2) is 8.57. The van der Waals surface area contributed by atoms with Crippen LogP contribution in [0.25, 0.3) is 5.65 Å². The number of amides is 1. The van der Waals surface area contributed by atoms with Crippen molar-refractivity contribution in [1.82, 2.24) is 14.6 Å². The fourth-order valence-electron chi connectivity index (χ4n) is 2.82. The smallest absolute Gasteiger partial charge is 0.433 e. The standard InChI is InChI=1S/C19H14BrF3N4O5/c1-8-4-12(19(21,22)23)27-15(24-8)13(20)14(26-27)16(28)25-11-6-9(17(29)31-2)5-10(7-11)18(30)32-3/h4-7H,1-3H3,(H,25,28). The number of aromatic nitrogens is 3. The summed E-state index contributed by atoms with van der Waals surface area (Å²) in [5.41, 5.74) is -1.76. The second-order valence-corrected chi connectivity index (χ2v) is 7.21. The van der Waals surface area contributed by atoms with Crippen molar-refractivity contribution >= 4 is 45.1 Å². The highest BCUT2D eigenvalue weighted by Crippen LogP contribution is 2.32. The number of methoxy groups -OCH3 is 2. The van der Waals surface area contributed by atoms with E-state index in [-0.39, 0.29) is 32.6 Å². The maximum atomic E-state index is 13.4. The Morgan fingerprint density at radius 1 is 1.03 bits per heavy atom. The quantitative estimate of drug-likeness (QED) is 0.528. The number of ether oxygens (including phenoxy) is 2. The van der Waals surface area contributed by atoms with Gasteiger partial charge in [-0.2, -0.15) is 18.3 Å². The van der Waals surface area contributed by atoms with Crippen LogP contribution in [0.4, 0.5) is 18.9 Å². The maximum absolute atomic E-state index is 13.4. The van der Waals surface area contributed by atoms with E-state index in [0.29, 0.717) is 4.52 Å². The Hall–Kier alpha value is -3.48. The van der Waals surface area contributed by atoms with E-state index < -0.39 is 35.4 Å². The van der Waals surface area contributed by atoms with Gasteiger partial charge in [0.05, 0.1) is 29.8 Å². The number of esters is 2. The van der Waals surface area contributed by atoms with Crippen LogP contribution in [-0.4, -0.2) is 46.7 Å². The van der Waals surface area contributed by atoms with Crippen LogP contribution in [0.15, 0.2) is 28.7 Å². The molecule has 3 rings (SSSR count). The normalized spacial score (nSPS) is 11.3. The number of nitrogens with zero attached hydrogens (tertiary/aromatic N) is 3. The molecule has 13 heteroatoms. The minimum atomic E-state index is -4.74. The number of halogens is 4. The van der Waals surface area contributed by atoms with E-state index in [1.54, 1.807) is 0 Å². The Labute approximate surface area is 186 Å². The fraction of sp³-hybridized carbons (Fsp3) is 0.211. The number of nitrogens with one attached hydrogen (secondary N) is 1. The topological polar surface area (TPSA) is 112 Å². The molecule has 0 radical (unpaired) electrons. The van der Waals surface area contributed by atoms with Gasteiger partial charge < -0.3 is 14.8 Å². The first-order valence-corrected chi connectivity index (χ1v) is 9.51. The van der Waals surface area contributed by atoms with E-state index in [1.807, 2.05) is 0 Å². The van der Waals surface area contributed by atoms with E-state index in [0.717, 1.165) is 20.3 Å². The predicted molar refractivity (Wildman–Crippen MR) is 108 cm³/mol. The molecule has 3 aromatic rings. The molecule has 0 fully saturated rings. The summed E-state index contributed by atoms with van der Waals surface area (Å²) >= 11 is 3.08. The van der Waals surface area contributed by atoms with Gasteiger partial charge in [-0.25, -0.2) is 19.1 Å². The van der Waals surface area contributed by atoms with Crippen LogP contribution in [0.3, 0.4) is 0 Å². The maximum Gasteiger partial charge on any atom is 0.433 e. The summed E-state index contributed by atoms with van der Waals surface area (Å²) in [6.45, 7) is 1.38. The lowest BCUT2D eigenvalue weighted by atomic mass is 10.1. The molecule has 0 atom stereocenters. The first-order valence-electron chi connectivity index (χ1n) is 8.72. The van der Waals surface area contributed by atoms with Crippen LogP contribution in [0.1, 0.15) is 42.6 Å². The van der Waals surface area contributed by atoms with Crippen LogP contribution in [0, 0.1) is 6.92 Å². The van der Waals surface area contributed by atoms with Gasteiger partial charge in [0.15, 0.2) is 11.3 Å². The number of hydrogen-bond acceptors (Lipinski definition) is 7. The predicted octanol–water partition coefficient (Wildman–Crippen LogP) is 3.64. The number of hydrogen-bond donors (Lipinski definition) is 1. The molecule has 1 N–H and O–H groups in total. The molecular weight excluding hydrogens is 501 g/mol. The van der Waals surface area contributed by atoms with Crippen LogP contribution in [0.5, 0.6) is 0 Å². The zero-order valence-corrected chi connectivity index (χ0v) is 18.3. The van der Waals surface area contributed by atoms with Crippen molar-refractivity contribution in [1.29, 1.82) is 0 Å². The van der Waals surface area contributed by atoms with E-state index in [4.69, 9.17) is 0 Å². The number of benzene rings is 1. The molecule has 0 bridgehead atoms. The Bertz CT molecular complexity index is 1220. The molecule has 0 aliphatic carbocycles. The molecule has 0 unspecified atom stereocenters. The number of anilines is 1. The summed E-state index contributed by atoms with van der Waals surface area (Å²) in [4.78, 5) is 40.6. The van der Waals surface area contributed by atoms with Gasteiger partial charge in [-0.15, -0.1) is 0 Å². The summed E-state index contributed by atoms with van der Waals surface area (Å²) in [7, 11) is 2.26. The molecular formula is C19H14BrF3N4O5. The van der Waals surface area contributed by atoms with E-state index in [9.17, 15) is 27.6 Å². The van der Waals surface area contributed by atoms with Crippen molar-refractivity contribution in [3.05, 3.63) is 56.9 Å². The number of carbonyl (C=O) groups is 3. The third-order valence-electron chi connectivity index (χ3n) is 4.20. The largest absolute Gasteiger partial charge is 0.465 e. The molecule has 2 aromatic heterocycles. The lowest BCUT2D eigenvalue weighted by Gasteiger charge is -2.09. The van der Waals surface area contributed by atoms with E-state index in [2.05, 4.69) is 40.8 Å². The van der Waals surface area contributed by atoms with Crippen molar-refractivity contribution < 1.29 is 37.0 Å². The zero-order chi connectivity index (χ0) is 23.8. The number of fused-ring (bicyclic) bond motifs is 1. The summed E-state index contributed by atoms with van der Waals surface area (Å²) in [6.07, 6.45) is -4.74. The van der Waals surface area contributed by atoms with Gasteiger partial charge in [0, 0.05) is 11.4 Å². The molecule has 1 aromatic carbocycles. The van der Waals surface area contributed by atoms with Crippen LogP contribution in [-0.2, 0) is 15.7 Å². The molecule has 32 heavy (non-hydrogen) atoms. The van der Waals surface area contributed by atoms with Gasteiger partial charge in [0.25, 0.3) is 5.91 Å². The number of carbonyl (C=O) groups excluding carboxylic acids is 3. The van der Waals surface area contributed by atoms with Gasteiger partial charge >= 0.3 is 18.1 Å². The number of aryl methyl sites for hydroxylation is 1. The molecule has 1 amide bonds. The van der Waals surface area contributed by atoms with E-state index >= 15 is 0 Å². The molecule has 0 aliphatic heterocycles. The van der Waals surface area contributed by atoms with Crippen molar-refractivity contribution in [3.63, 3.8) is 0 Å². The number of rotatable bonds is 4. The van der Waals surface area contributed by atoms with Gasteiger partial charge in [-0.3, -0.25) is 4.79 Å². The zero-order valence-electron chi connectivity index (χ0n) is 16.7.